The Bertz CT molecular complexity index is 291. The zero-order chi connectivity index (χ0) is 11.6. The molecule has 1 N–H and O–H groups in total. The smallest absolute Gasteiger partial charge is 0.127 e. The molecule has 1 aromatic rings. The summed E-state index contributed by atoms with van der Waals surface area (Å²) in [4.78, 5) is 0. The number of rotatable bonds is 8. The minimum atomic E-state index is -0.114. The minimum absolute atomic E-state index is 0.114. The summed E-state index contributed by atoms with van der Waals surface area (Å²) in [5.74, 6) is 1.13. The SMILES string of the molecule is CSCCCCCNCc1ccccc1F. The van der Waals surface area contributed by atoms with Crippen LogP contribution in [-0.2, 0) is 6.54 Å². The van der Waals surface area contributed by atoms with Crippen molar-refractivity contribution in [3.05, 3.63) is 35.6 Å². The second-order valence-corrected chi connectivity index (χ2v) is 4.81. The van der Waals surface area contributed by atoms with Gasteiger partial charge in [0.25, 0.3) is 0 Å². The fourth-order valence-electron chi connectivity index (χ4n) is 1.54. The van der Waals surface area contributed by atoms with Gasteiger partial charge in [0.15, 0.2) is 0 Å². The van der Waals surface area contributed by atoms with Gasteiger partial charge in [0, 0.05) is 12.1 Å². The molecule has 0 saturated heterocycles. The van der Waals surface area contributed by atoms with E-state index in [1.807, 2.05) is 23.9 Å². The van der Waals surface area contributed by atoms with Crippen LogP contribution < -0.4 is 5.32 Å². The molecule has 0 aliphatic carbocycles. The highest BCUT2D eigenvalue weighted by molar-refractivity contribution is 7.98. The normalized spacial score (nSPS) is 10.6. The maximum absolute atomic E-state index is 13.2. The number of benzene rings is 1. The van der Waals surface area contributed by atoms with E-state index in [0.717, 1.165) is 12.1 Å². The highest BCUT2D eigenvalue weighted by atomic mass is 32.2. The third-order valence-corrected chi connectivity index (χ3v) is 3.17. The van der Waals surface area contributed by atoms with Crippen LogP contribution in [0.3, 0.4) is 0 Å². The van der Waals surface area contributed by atoms with Gasteiger partial charge in [-0.25, -0.2) is 4.39 Å². The van der Waals surface area contributed by atoms with Gasteiger partial charge < -0.3 is 5.32 Å². The molecule has 0 aliphatic rings. The summed E-state index contributed by atoms with van der Waals surface area (Å²) in [7, 11) is 0. The van der Waals surface area contributed by atoms with Gasteiger partial charge in [-0.2, -0.15) is 11.8 Å². The number of thioether (sulfide) groups is 1. The minimum Gasteiger partial charge on any atom is -0.313 e. The second kappa shape index (κ2) is 8.59. The van der Waals surface area contributed by atoms with E-state index in [4.69, 9.17) is 0 Å². The molecule has 0 aromatic heterocycles. The number of nitrogens with one attached hydrogen (secondary N) is 1. The van der Waals surface area contributed by atoms with E-state index in [1.54, 1.807) is 6.07 Å². The monoisotopic (exact) mass is 241 g/mol. The van der Waals surface area contributed by atoms with E-state index in [-0.39, 0.29) is 5.82 Å². The zero-order valence-electron chi connectivity index (χ0n) is 9.84. The topological polar surface area (TPSA) is 12.0 Å². The van der Waals surface area contributed by atoms with Gasteiger partial charge in [-0.05, 0) is 37.5 Å². The van der Waals surface area contributed by atoms with Gasteiger partial charge in [-0.1, -0.05) is 24.6 Å². The van der Waals surface area contributed by atoms with E-state index >= 15 is 0 Å². The first-order chi connectivity index (χ1) is 7.84. The van der Waals surface area contributed by atoms with Crippen LogP contribution in [0.5, 0.6) is 0 Å². The summed E-state index contributed by atoms with van der Waals surface area (Å²) in [5.41, 5.74) is 0.756. The molecular weight excluding hydrogens is 221 g/mol. The lowest BCUT2D eigenvalue weighted by atomic mass is 10.2. The molecule has 16 heavy (non-hydrogen) atoms. The molecule has 90 valence electrons. The van der Waals surface area contributed by atoms with Crippen molar-refractivity contribution in [1.82, 2.24) is 5.32 Å². The van der Waals surface area contributed by atoms with Crippen molar-refractivity contribution in [2.24, 2.45) is 0 Å². The summed E-state index contributed by atoms with van der Waals surface area (Å²) in [6.45, 7) is 1.61. The molecule has 3 heteroatoms. The second-order valence-electron chi connectivity index (χ2n) is 3.82. The van der Waals surface area contributed by atoms with Gasteiger partial charge in [-0.3, -0.25) is 0 Å². The maximum Gasteiger partial charge on any atom is 0.127 e. The quantitative estimate of drug-likeness (QED) is 0.700. The lowest BCUT2D eigenvalue weighted by molar-refractivity contribution is 0.574. The fourth-order valence-corrected chi connectivity index (χ4v) is 2.03. The predicted molar refractivity (Wildman–Crippen MR) is 70.3 cm³/mol. The van der Waals surface area contributed by atoms with Crippen molar-refractivity contribution in [2.75, 3.05) is 18.6 Å². The molecule has 0 saturated carbocycles. The van der Waals surface area contributed by atoms with Crippen LogP contribution in [0.15, 0.2) is 24.3 Å². The van der Waals surface area contributed by atoms with Crippen LogP contribution in [0.1, 0.15) is 24.8 Å². The molecule has 0 fully saturated rings. The van der Waals surface area contributed by atoms with Crippen LogP contribution in [0, 0.1) is 5.82 Å². The van der Waals surface area contributed by atoms with Crippen molar-refractivity contribution in [3.63, 3.8) is 0 Å². The molecule has 1 nitrogen and oxygen atoms in total. The van der Waals surface area contributed by atoms with E-state index in [1.165, 1.54) is 31.1 Å². The number of hydrogen-bond acceptors (Lipinski definition) is 2. The Kier molecular flexibility index (Phi) is 7.26. The van der Waals surface area contributed by atoms with E-state index in [9.17, 15) is 4.39 Å². The molecular formula is C13H20FNS. The number of halogens is 1. The highest BCUT2D eigenvalue weighted by Gasteiger charge is 1.98. The zero-order valence-corrected chi connectivity index (χ0v) is 10.7. The van der Waals surface area contributed by atoms with Crippen LogP contribution >= 0.6 is 11.8 Å². The molecule has 0 radical (unpaired) electrons. The summed E-state index contributed by atoms with van der Waals surface area (Å²) in [6, 6.07) is 6.94. The molecule has 0 aliphatic heterocycles. The molecule has 1 rings (SSSR count). The van der Waals surface area contributed by atoms with Crippen molar-refractivity contribution in [1.29, 1.82) is 0 Å². The third-order valence-electron chi connectivity index (χ3n) is 2.48. The van der Waals surface area contributed by atoms with Gasteiger partial charge in [0.1, 0.15) is 5.82 Å². The summed E-state index contributed by atoms with van der Waals surface area (Å²) >= 11 is 1.89. The molecule has 1 aromatic carbocycles. The summed E-state index contributed by atoms with van der Waals surface area (Å²) in [6.07, 6.45) is 5.85. The van der Waals surface area contributed by atoms with Crippen molar-refractivity contribution in [2.45, 2.75) is 25.8 Å². The summed E-state index contributed by atoms with van der Waals surface area (Å²) < 4.78 is 13.2. The molecule has 0 heterocycles. The van der Waals surface area contributed by atoms with Crippen LogP contribution in [0.25, 0.3) is 0 Å². The molecule has 0 spiro atoms. The molecule has 0 unspecified atom stereocenters. The van der Waals surface area contributed by atoms with Crippen LogP contribution in [0.4, 0.5) is 4.39 Å². The van der Waals surface area contributed by atoms with Crippen LogP contribution in [-0.4, -0.2) is 18.6 Å². The van der Waals surface area contributed by atoms with E-state index in [2.05, 4.69) is 11.6 Å². The Labute approximate surface area is 102 Å². The van der Waals surface area contributed by atoms with Gasteiger partial charge in [0.05, 0.1) is 0 Å². The van der Waals surface area contributed by atoms with Gasteiger partial charge in [-0.15, -0.1) is 0 Å². The first kappa shape index (κ1) is 13.5. The third kappa shape index (κ3) is 5.52. The standard InChI is InChI=1S/C13H20FNS/c1-16-10-6-2-5-9-15-11-12-7-3-4-8-13(12)14/h3-4,7-8,15H,2,5-6,9-11H2,1H3. The van der Waals surface area contributed by atoms with Crippen molar-refractivity contribution in [3.8, 4) is 0 Å². The van der Waals surface area contributed by atoms with Crippen molar-refractivity contribution >= 4 is 11.8 Å². The average molecular weight is 241 g/mol. The Morgan fingerprint density at radius 1 is 1.19 bits per heavy atom. The Morgan fingerprint density at radius 2 is 2.00 bits per heavy atom. The maximum atomic E-state index is 13.2. The number of hydrogen-bond donors (Lipinski definition) is 1. The Morgan fingerprint density at radius 3 is 2.75 bits per heavy atom. The lowest BCUT2D eigenvalue weighted by Gasteiger charge is -2.05. The molecule has 0 atom stereocenters. The van der Waals surface area contributed by atoms with Gasteiger partial charge in [0.2, 0.25) is 0 Å². The number of unbranched alkanes of at least 4 members (excludes halogenated alkanes) is 2. The summed E-state index contributed by atoms with van der Waals surface area (Å²) in [5, 5.41) is 3.27. The van der Waals surface area contributed by atoms with Crippen LogP contribution in [0.2, 0.25) is 0 Å². The lowest BCUT2D eigenvalue weighted by Crippen LogP contribution is -2.15. The Hall–Kier alpha value is -0.540. The average Bonchev–Trinajstić information content (AvgIpc) is 2.30. The predicted octanol–water partition coefficient (Wildman–Crippen LogP) is 3.45. The highest BCUT2D eigenvalue weighted by Crippen LogP contribution is 2.06. The first-order valence-electron chi connectivity index (χ1n) is 5.77. The Balaban J connectivity index is 2.05. The van der Waals surface area contributed by atoms with Crippen molar-refractivity contribution < 1.29 is 4.39 Å². The van der Waals surface area contributed by atoms with Gasteiger partial charge >= 0.3 is 0 Å². The molecule has 0 bridgehead atoms. The first-order valence-corrected chi connectivity index (χ1v) is 7.17. The van der Waals surface area contributed by atoms with E-state index < -0.39 is 0 Å². The largest absolute Gasteiger partial charge is 0.313 e. The van der Waals surface area contributed by atoms with E-state index in [0.29, 0.717) is 6.54 Å². The fraction of sp³-hybridized carbons (Fsp3) is 0.538. The molecule has 0 amide bonds.